The molecule has 0 amide bonds. The second-order valence-corrected chi connectivity index (χ2v) is 10.3. The van der Waals surface area contributed by atoms with E-state index in [1.54, 1.807) is 7.05 Å². The van der Waals surface area contributed by atoms with E-state index in [-0.39, 0.29) is 13.2 Å². The Morgan fingerprint density at radius 2 is 1.88 bits per heavy atom. The molecule has 2 rings (SSSR count). The topological polar surface area (TPSA) is 248 Å². The summed E-state index contributed by atoms with van der Waals surface area (Å²) in [5.41, 5.74) is 4.66. The van der Waals surface area contributed by atoms with Gasteiger partial charge in [0, 0.05) is 6.54 Å². The largest absolute Gasteiger partial charge is 0.393 e. The average molecular weight is 587 g/mol. The van der Waals surface area contributed by atoms with E-state index in [1.165, 1.54) is 13.8 Å². The average Bonchev–Trinajstić information content (AvgIpc) is 2.90. The third-order valence-corrected chi connectivity index (χ3v) is 6.86. The molecule has 6 unspecified atom stereocenters. The highest BCUT2D eigenvalue weighted by atomic mass is 19.3. The third kappa shape index (κ3) is 9.45. The number of ether oxygens (including phenoxy) is 4. The molecule has 2 saturated heterocycles. The normalized spacial score (nSPS) is 34.1. The molecule has 15 nitrogen and oxygen atoms in total. The highest BCUT2D eigenvalue weighted by Gasteiger charge is 2.47. The SMILES string of the molecule is CN[C@@H]1C(O)[C@@H](OC(C(O)CO[C@H]2O[C@H](CNC(=N)C(F)F)CCC2N)[C@@H](C)NC(=N)C(O)CO)OCC1(C)O. The smallest absolute Gasteiger partial charge is 0.294 e. The highest BCUT2D eigenvalue weighted by molar-refractivity contribution is 5.83. The van der Waals surface area contributed by atoms with Crippen LogP contribution in [0.25, 0.3) is 0 Å². The first-order valence-electron chi connectivity index (χ1n) is 13.0. The highest BCUT2D eigenvalue weighted by Crippen LogP contribution is 2.27. The first-order chi connectivity index (χ1) is 18.7. The lowest BCUT2D eigenvalue weighted by molar-refractivity contribution is -0.294. The van der Waals surface area contributed by atoms with Crippen molar-refractivity contribution in [3.8, 4) is 0 Å². The fourth-order valence-electron chi connectivity index (χ4n) is 4.55. The van der Waals surface area contributed by atoms with Crippen LogP contribution in [0.4, 0.5) is 8.78 Å². The van der Waals surface area contributed by atoms with Gasteiger partial charge in [-0.25, -0.2) is 8.78 Å². The van der Waals surface area contributed by atoms with Gasteiger partial charge in [-0.15, -0.1) is 0 Å². The quantitative estimate of drug-likeness (QED) is 0.0709. The van der Waals surface area contributed by atoms with Crippen molar-refractivity contribution >= 4 is 11.7 Å². The zero-order valence-corrected chi connectivity index (χ0v) is 22.8. The lowest BCUT2D eigenvalue weighted by atomic mass is 9.90. The van der Waals surface area contributed by atoms with Gasteiger partial charge in [0.2, 0.25) is 0 Å². The van der Waals surface area contributed by atoms with Crippen LogP contribution in [0.1, 0.15) is 26.7 Å². The van der Waals surface area contributed by atoms with E-state index >= 15 is 0 Å². The van der Waals surface area contributed by atoms with Crippen LogP contribution in [0.3, 0.4) is 0 Å². The molecule has 0 spiro atoms. The molecule has 17 heteroatoms. The Kier molecular flexibility index (Phi) is 13.4. The third-order valence-electron chi connectivity index (χ3n) is 6.86. The van der Waals surface area contributed by atoms with Crippen LogP contribution in [0.5, 0.6) is 0 Å². The van der Waals surface area contributed by atoms with Gasteiger partial charge in [0.25, 0.3) is 6.43 Å². The summed E-state index contributed by atoms with van der Waals surface area (Å²) in [5.74, 6) is -1.38. The number of hydrogen-bond donors (Lipinski definition) is 11. The van der Waals surface area contributed by atoms with Gasteiger partial charge in [-0.3, -0.25) is 10.8 Å². The minimum Gasteiger partial charge on any atom is -0.393 e. The molecule has 12 N–H and O–H groups in total. The molecular weight excluding hydrogens is 542 g/mol. The Bertz CT molecular complexity index is 817. The number of aliphatic hydroxyl groups is 5. The number of rotatable bonds is 14. The maximum atomic E-state index is 12.6. The lowest BCUT2D eigenvalue weighted by Gasteiger charge is -2.45. The number of halogens is 2. The van der Waals surface area contributed by atoms with Crippen molar-refractivity contribution in [1.82, 2.24) is 16.0 Å². The van der Waals surface area contributed by atoms with Crippen molar-refractivity contribution < 1.29 is 53.3 Å². The molecule has 234 valence electrons. The Hall–Kier alpha value is -1.64. The number of hydrogen-bond acceptors (Lipinski definition) is 13. The Morgan fingerprint density at radius 3 is 2.48 bits per heavy atom. The Labute approximate surface area is 231 Å². The fraction of sp³-hybridized carbons (Fsp3) is 0.913. The fourth-order valence-corrected chi connectivity index (χ4v) is 4.55. The van der Waals surface area contributed by atoms with Gasteiger partial charge in [-0.2, -0.15) is 0 Å². The van der Waals surface area contributed by atoms with Crippen molar-refractivity contribution in [3.63, 3.8) is 0 Å². The van der Waals surface area contributed by atoms with Crippen molar-refractivity contribution in [2.75, 3.05) is 33.4 Å². The summed E-state index contributed by atoms with van der Waals surface area (Å²) in [4.78, 5) is 0. The van der Waals surface area contributed by atoms with Crippen molar-refractivity contribution in [2.45, 2.75) is 99.9 Å². The second-order valence-electron chi connectivity index (χ2n) is 10.3. The summed E-state index contributed by atoms with van der Waals surface area (Å²) in [6.07, 6.45) is -10.5. The zero-order valence-electron chi connectivity index (χ0n) is 22.8. The maximum absolute atomic E-state index is 12.6. The van der Waals surface area contributed by atoms with Crippen molar-refractivity contribution in [1.29, 1.82) is 10.8 Å². The van der Waals surface area contributed by atoms with E-state index in [9.17, 15) is 29.2 Å². The predicted molar refractivity (Wildman–Crippen MR) is 137 cm³/mol. The Balaban J connectivity index is 2.09. The van der Waals surface area contributed by atoms with Gasteiger partial charge in [0.15, 0.2) is 18.4 Å². The Morgan fingerprint density at radius 1 is 1.20 bits per heavy atom. The summed E-state index contributed by atoms with van der Waals surface area (Å²) >= 11 is 0. The molecule has 40 heavy (non-hydrogen) atoms. The minimum atomic E-state index is -2.94. The number of nitrogens with one attached hydrogen (secondary N) is 5. The van der Waals surface area contributed by atoms with Gasteiger partial charge in [0.1, 0.15) is 35.9 Å². The molecule has 0 radical (unpaired) electrons. The van der Waals surface area contributed by atoms with Crippen LogP contribution in [-0.4, -0.2) is 144 Å². The van der Waals surface area contributed by atoms with Crippen LogP contribution < -0.4 is 21.7 Å². The molecular formula is C23H44F2N6O9. The summed E-state index contributed by atoms with van der Waals surface area (Å²) in [6, 6.07) is -2.33. The van der Waals surface area contributed by atoms with E-state index in [0.717, 1.165) is 0 Å². The van der Waals surface area contributed by atoms with Crippen molar-refractivity contribution in [3.05, 3.63) is 0 Å². The van der Waals surface area contributed by atoms with Gasteiger partial charge >= 0.3 is 0 Å². The predicted octanol–water partition coefficient (Wildman–Crippen LogP) is -3.22. The molecule has 0 aromatic carbocycles. The lowest BCUT2D eigenvalue weighted by Crippen LogP contribution is -2.66. The van der Waals surface area contributed by atoms with Gasteiger partial charge in [0.05, 0.1) is 44.1 Å². The number of likely N-dealkylation sites (N-methyl/N-ethyl adjacent to an activating group) is 1. The minimum absolute atomic E-state index is 0.0619. The first-order valence-corrected chi connectivity index (χ1v) is 13.0. The van der Waals surface area contributed by atoms with Crippen LogP contribution in [0.15, 0.2) is 0 Å². The van der Waals surface area contributed by atoms with Gasteiger partial charge < -0.3 is 66.2 Å². The first kappa shape index (κ1) is 34.6. The molecule has 2 aliphatic heterocycles. The van der Waals surface area contributed by atoms with E-state index in [2.05, 4.69) is 16.0 Å². The molecule has 0 aliphatic carbocycles. The molecule has 0 bridgehead atoms. The van der Waals surface area contributed by atoms with Gasteiger partial charge in [-0.05, 0) is 33.7 Å². The van der Waals surface area contributed by atoms with Crippen LogP contribution in [0.2, 0.25) is 0 Å². The van der Waals surface area contributed by atoms with E-state index in [4.69, 9.17) is 40.6 Å². The molecule has 0 aromatic rings. The number of aliphatic hydroxyl groups excluding tert-OH is 4. The van der Waals surface area contributed by atoms with E-state index in [0.29, 0.717) is 12.8 Å². The van der Waals surface area contributed by atoms with Crippen LogP contribution >= 0.6 is 0 Å². The van der Waals surface area contributed by atoms with E-state index < -0.39 is 98.1 Å². The molecule has 0 aromatic heterocycles. The summed E-state index contributed by atoms with van der Waals surface area (Å²) in [6.45, 7) is 1.60. The van der Waals surface area contributed by atoms with Crippen molar-refractivity contribution in [2.24, 2.45) is 5.73 Å². The molecule has 2 heterocycles. The maximum Gasteiger partial charge on any atom is 0.294 e. The number of amidine groups is 2. The van der Waals surface area contributed by atoms with E-state index in [1.807, 2.05) is 0 Å². The number of nitrogens with two attached hydrogens (primary N) is 1. The summed E-state index contributed by atoms with van der Waals surface area (Å²) < 4.78 is 48.1. The monoisotopic (exact) mass is 586 g/mol. The molecule has 2 fully saturated rings. The number of alkyl halides is 2. The standard InChI is InChI=1S/C23H44F2N6O9/c1-10(31-19(27)13(33)7-32)16(40-22-15(35)17(29-3)23(2,36)9-38-22)14(34)8-37-21-12(26)5-4-11(39-21)6-30-20(28)18(24)25/h10-18,21-22,29,32-36H,4-9,26H2,1-3H3,(H2,27,31)(H2,28,30)/t10-,11+,12?,13?,14?,15?,16?,17-,21+,22-,23?/m1/s1. The van der Waals surface area contributed by atoms with Gasteiger partial charge in [-0.1, -0.05) is 0 Å². The zero-order chi connectivity index (χ0) is 30.2. The molecule has 0 saturated carbocycles. The van der Waals surface area contributed by atoms with Crippen LogP contribution in [-0.2, 0) is 18.9 Å². The second kappa shape index (κ2) is 15.5. The summed E-state index contributed by atoms with van der Waals surface area (Å²) in [7, 11) is 1.54. The molecule has 11 atom stereocenters. The summed E-state index contributed by atoms with van der Waals surface area (Å²) in [5, 5.41) is 74.1. The molecule has 2 aliphatic rings. The van der Waals surface area contributed by atoms with Crippen LogP contribution in [0, 0.1) is 10.8 Å².